The fourth-order valence-electron chi connectivity index (χ4n) is 2.27. The number of hydrogen-bond donors (Lipinski definition) is 1. The molecule has 7 nitrogen and oxygen atoms in total. The number of fused-ring (bicyclic) bond motifs is 1. The van der Waals surface area contributed by atoms with E-state index >= 15 is 0 Å². The molecule has 0 saturated heterocycles. The van der Waals surface area contributed by atoms with Crippen molar-refractivity contribution in [1.29, 1.82) is 0 Å². The van der Waals surface area contributed by atoms with Gasteiger partial charge >= 0.3 is 5.97 Å². The van der Waals surface area contributed by atoms with Gasteiger partial charge in [0.25, 0.3) is 0 Å². The zero-order valence-corrected chi connectivity index (χ0v) is 15.2. The quantitative estimate of drug-likeness (QED) is 0.622. The SMILES string of the molecule is O=C(CCNS(=O)(=O)c1ccc(Cl)cc1)OCc1cn2ccccc2n1. The molecule has 0 radical (unpaired) electrons. The second kappa shape index (κ2) is 7.86. The minimum Gasteiger partial charge on any atom is -0.459 e. The van der Waals surface area contributed by atoms with E-state index in [1.807, 2.05) is 28.8 Å². The lowest BCUT2D eigenvalue weighted by Crippen LogP contribution is -2.26. The third kappa shape index (κ3) is 4.60. The predicted molar refractivity (Wildman–Crippen MR) is 96.2 cm³/mol. The maximum absolute atomic E-state index is 12.1. The molecule has 1 N–H and O–H groups in total. The lowest BCUT2D eigenvalue weighted by Gasteiger charge is -2.07. The minimum absolute atomic E-state index is 0.0322. The molecule has 26 heavy (non-hydrogen) atoms. The Balaban J connectivity index is 1.47. The van der Waals surface area contributed by atoms with Crippen LogP contribution in [0.4, 0.5) is 0 Å². The first-order valence-corrected chi connectivity index (χ1v) is 9.64. The number of nitrogens with one attached hydrogen (secondary N) is 1. The Morgan fingerprint density at radius 2 is 1.96 bits per heavy atom. The molecule has 0 amide bonds. The van der Waals surface area contributed by atoms with Gasteiger partial charge in [-0.3, -0.25) is 4.79 Å². The van der Waals surface area contributed by atoms with Crippen molar-refractivity contribution >= 4 is 33.2 Å². The third-order valence-electron chi connectivity index (χ3n) is 3.54. The summed E-state index contributed by atoms with van der Waals surface area (Å²) in [5, 5.41) is 0.444. The number of ether oxygens (including phenoxy) is 1. The second-order valence-corrected chi connectivity index (χ2v) is 7.66. The van der Waals surface area contributed by atoms with Crippen molar-refractivity contribution in [2.45, 2.75) is 17.9 Å². The molecule has 2 heterocycles. The molecular weight excluding hydrogens is 378 g/mol. The van der Waals surface area contributed by atoms with Crippen LogP contribution >= 0.6 is 11.6 Å². The predicted octanol–water partition coefficient (Wildman–Crippen LogP) is 2.40. The number of benzene rings is 1. The molecule has 3 aromatic rings. The van der Waals surface area contributed by atoms with Crippen LogP contribution in [-0.4, -0.2) is 30.3 Å². The Labute approximate surface area is 155 Å². The number of pyridine rings is 1. The van der Waals surface area contributed by atoms with Crippen LogP contribution in [0.25, 0.3) is 5.65 Å². The summed E-state index contributed by atoms with van der Waals surface area (Å²) in [6.45, 7) is -0.0284. The highest BCUT2D eigenvalue weighted by Crippen LogP contribution is 2.13. The van der Waals surface area contributed by atoms with Crippen LogP contribution in [0.2, 0.25) is 5.02 Å². The van der Waals surface area contributed by atoms with E-state index in [4.69, 9.17) is 16.3 Å². The lowest BCUT2D eigenvalue weighted by atomic mass is 10.4. The molecule has 0 saturated carbocycles. The third-order valence-corrected chi connectivity index (χ3v) is 5.27. The molecule has 0 fully saturated rings. The summed E-state index contributed by atoms with van der Waals surface area (Å²) in [5.41, 5.74) is 1.38. The van der Waals surface area contributed by atoms with Gasteiger partial charge in [0.2, 0.25) is 10.0 Å². The highest BCUT2D eigenvalue weighted by molar-refractivity contribution is 7.89. The summed E-state index contributed by atoms with van der Waals surface area (Å²) in [6.07, 6.45) is 3.53. The lowest BCUT2D eigenvalue weighted by molar-refractivity contribution is -0.144. The van der Waals surface area contributed by atoms with Gasteiger partial charge in [-0.15, -0.1) is 0 Å². The Bertz CT molecular complexity index is 983. The molecule has 1 aromatic carbocycles. The molecule has 0 bridgehead atoms. The van der Waals surface area contributed by atoms with Gasteiger partial charge in [0, 0.05) is 24.0 Å². The maximum Gasteiger partial charge on any atom is 0.307 e. The largest absolute Gasteiger partial charge is 0.459 e. The number of nitrogens with zero attached hydrogens (tertiary/aromatic N) is 2. The van der Waals surface area contributed by atoms with E-state index in [2.05, 4.69) is 9.71 Å². The van der Waals surface area contributed by atoms with Gasteiger partial charge in [-0.25, -0.2) is 18.1 Å². The van der Waals surface area contributed by atoms with E-state index in [-0.39, 0.29) is 24.5 Å². The second-order valence-electron chi connectivity index (χ2n) is 5.46. The zero-order valence-electron chi connectivity index (χ0n) is 13.6. The van der Waals surface area contributed by atoms with Gasteiger partial charge in [-0.05, 0) is 36.4 Å². The van der Waals surface area contributed by atoms with Crippen molar-refractivity contribution in [3.8, 4) is 0 Å². The van der Waals surface area contributed by atoms with Crippen molar-refractivity contribution in [1.82, 2.24) is 14.1 Å². The molecule has 0 aliphatic rings. The molecule has 0 spiro atoms. The van der Waals surface area contributed by atoms with Gasteiger partial charge in [-0.1, -0.05) is 17.7 Å². The van der Waals surface area contributed by atoms with Gasteiger partial charge in [0.05, 0.1) is 17.0 Å². The first kappa shape index (κ1) is 18.4. The number of rotatable bonds is 7. The highest BCUT2D eigenvalue weighted by Gasteiger charge is 2.14. The van der Waals surface area contributed by atoms with Crippen LogP contribution in [-0.2, 0) is 26.2 Å². The number of carbonyl (C=O) groups is 1. The normalized spacial score (nSPS) is 11.6. The molecule has 3 rings (SSSR count). The monoisotopic (exact) mass is 393 g/mol. The standard InChI is InChI=1S/C17H16ClN3O4S/c18-13-4-6-15(7-5-13)26(23,24)19-9-8-17(22)25-12-14-11-21-10-2-1-3-16(21)20-14/h1-7,10-11,19H,8-9,12H2. The number of halogens is 1. The Hall–Kier alpha value is -2.42. The van der Waals surface area contributed by atoms with E-state index in [1.165, 1.54) is 24.3 Å². The number of aromatic nitrogens is 2. The minimum atomic E-state index is -3.69. The van der Waals surface area contributed by atoms with Crippen LogP contribution in [0.15, 0.2) is 59.8 Å². The number of sulfonamides is 1. The molecule has 9 heteroatoms. The van der Waals surface area contributed by atoms with Gasteiger partial charge < -0.3 is 9.14 Å². The Morgan fingerprint density at radius 1 is 1.19 bits per heavy atom. The zero-order chi connectivity index (χ0) is 18.6. The van der Waals surface area contributed by atoms with Gasteiger partial charge in [0.1, 0.15) is 12.3 Å². The highest BCUT2D eigenvalue weighted by atomic mass is 35.5. The summed E-state index contributed by atoms with van der Waals surface area (Å²) in [7, 11) is -3.69. The summed E-state index contributed by atoms with van der Waals surface area (Å²) in [5.74, 6) is -0.513. The summed E-state index contributed by atoms with van der Waals surface area (Å²) in [6, 6.07) is 11.3. The van der Waals surface area contributed by atoms with Crippen LogP contribution in [0.5, 0.6) is 0 Å². The maximum atomic E-state index is 12.1. The van der Waals surface area contributed by atoms with Crippen molar-refractivity contribution in [3.63, 3.8) is 0 Å². The molecular formula is C17H16ClN3O4S. The smallest absolute Gasteiger partial charge is 0.307 e. The van der Waals surface area contributed by atoms with Crippen molar-refractivity contribution in [2.24, 2.45) is 0 Å². The Kier molecular flexibility index (Phi) is 5.55. The van der Waals surface area contributed by atoms with Crippen LogP contribution in [0.3, 0.4) is 0 Å². The molecule has 0 aliphatic heterocycles. The fourth-order valence-corrected chi connectivity index (χ4v) is 3.43. The van der Waals surface area contributed by atoms with Gasteiger partial charge in [-0.2, -0.15) is 0 Å². The van der Waals surface area contributed by atoms with Crippen molar-refractivity contribution < 1.29 is 17.9 Å². The molecule has 136 valence electrons. The molecule has 0 unspecified atom stereocenters. The molecule has 2 aromatic heterocycles. The van der Waals surface area contributed by atoms with E-state index < -0.39 is 16.0 Å². The van der Waals surface area contributed by atoms with Crippen molar-refractivity contribution in [2.75, 3.05) is 6.54 Å². The van der Waals surface area contributed by atoms with Crippen LogP contribution < -0.4 is 4.72 Å². The topological polar surface area (TPSA) is 89.8 Å². The molecule has 0 atom stereocenters. The average molecular weight is 394 g/mol. The van der Waals surface area contributed by atoms with Gasteiger partial charge in [0.15, 0.2) is 0 Å². The summed E-state index contributed by atoms with van der Waals surface area (Å²) in [4.78, 5) is 16.2. The van der Waals surface area contributed by atoms with E-state index in [0.717, 1.165) is 5.65 Å². The fraction of sp³-hybridized carbons (Fsp3) is 0.176. The summed E-state index contributed by atoms with van der Waals surface area (Å²) < 4.78 is 33.5. The van der Waals surface area contributed by atoms with E-state index in [1.54, 1.807) is 6.20 Å². The van der Waals surface area contributed by atoms with Crippen LogP contribution in [0.1, 0.15) is 12.1 Å². The van der Waals surface area contributed by atoms with E-state index in [0.29, 0.717) is 10.7 Å². The Morgan fingerprint density at radius 3 is 2.69 bits per heavy atom. The number of carbonyl (C=O) groups excluding carboxylic acids is 1. The van der Waals surface area contributed by atoms with E-state index in [9.17, 15) is 13.2 Å². The first-order chi connectivity index (χ1) is 12.4. The summed E-state index contributed by atoms with van der Waals surface area (Å²) >= 11 is 5.74. The molecule has 0 aliphatic carbocycles. The number of hydrogen-bond acceptors (Lipinski definition) is 5. The average Bonchev–Trinajstić information content (AvgIpc) is 3.03. The first-order valence-electron chi connectivity index (χ1n) is 7.77. The number of imidazole rings is 1. The van der Waals surface area contributed by atoms with Crippen molar-refractivity contribution in [3.05, 3.63) is 65.6 Å². The number of esters is 1. The van der Waals surface area contributed by atoms with Crippen LogP contribution in [0, 0.1) is 0 Å².